The zero-order valence-electron chi connectivity index (χ0n) is 16.6. The molecule has 0 bridgehead atoms. The third kappa shape index (κ3) is 4.37. The summed E-state index contributed by atoms with van der Waals surface area (Å²) in [6.45, 7) is 2.04. The van der Waals surface area contributed by atoms with Crippen LogP contribution in [-0.4, -0.2) is 55.6 Å². The number of carbonyl (C=O) groups excluding carboxylic acids is 2. The van der Waals surface area contributed by atoms with Crippen LogP contribution in [0, 0.1) is 5.82 Å². The van der Waals surface area contributed by atoms with Gasteiger partial charge in [0.05, 0.1) is 15.8 Å². The second-order valence-corrected chi connectivity index (χ2v) is 9.51. The van der Waals surface area contributed by atoms with Crippen molar-refractivity contribution in [2.75, 3.05) is 38.7 Å². The summed E-state index contributed by atoms with van der Waals surface area (Å²) in [6.07, 6.45) is 1.70. The molecule has 0 spiro atoms. The fourth-order valence-electron chi connectivity index (χ4n) is 3.86. The first-order valence-electron chi connectivity index (χ1n) is 9.83. The van der Waals surface area contributed by atoms with E-state index in [0.29, 0.717) is 39.9 Å². The number of benzene rings is 1. The number of carbonyl (C=O) groups is 2. The van der Waals surface area contributed by atoms with Gasteiger partial charge in [-0.3, -0.25) is 9.59 Å². The van der Waals surface area contributed by atoms with E-state index in [9.17, 15) is 14.0 Å². The number of ether oxygens (including phenoxy) is 1. The third-order valence-corrected chi connectivity index (χ3v) is 6.89. The van der Waals surface area contributed by atoms with Gasteiger partial charge in [-0.2, -0.15) is 0 Å². The molecule has 6 nitrogen and oxygen atoms in total. The molecule has 1 fully saturated rings. The Balaban J connectivity index is 1.54. The van der Waals surface area contributed by atoms with Crippen molar-refractivity contribution in [2.24, 2.45) is 0 Å². The van der Waals surface area contributed by atoms with Crippen LogP contribution in [0.4, 0.5) is 10.1 Å². The minimum atomic E-state index is -1.21. The minimum Gasteiger partial charge on any atom is -0.378 e. The van der Waals surface area contributed by atoms with Crippen molar-refractivity contribution >= 4 is 40.4 Å². The molecular weight excluding hydrogens is 429 g/mol. The largest absolute Gasteiger partial charge is 0.378 e. The van der Waals surface area contributed by atoms with Crippen LogP contribution in [0.15, 0.2) is 24.3 Å². The molecule has 3 heterocycles. The fourth-order valence-corrected chi connectivity index (χ4v) is 4.80. The van der Waals surface area contributed by atoms with Gasteiger partial charge in [0.15, 0.2) is 0 Å². The molecule has 30 heavy (non-hydrogen) atoms. The zero-order valence-corrected chi connectivity index (χ0v) is 18.2. The van der Waals surface area contributed by atoms with Gasteiger partial charge in [0, 0.05) is 31.8 Å². The van der Waals surface area contributed by atoms with Crippen molar-refractivity contribution in [2.45, 2.75) is 24.8 Å². The summed E-state index contributed by atoms with van der Waals surface area (Å²) >= 11 is 7.06. The quantitative estimate of drug-likeness (QED) is 0.749. The summed E-state index contributed by atoms with van der Waals surface area (Å²) in [6, 6.07) is 6.43. The lowest BCUT2D eigenvalue weighted by molar-refractivity contribution is -0.122. The van der Waals surface area contributed by atoms with Crippen LogP contribution < -0.4 is 10.6 Å². The first-order valence-corrected chi connectivity index (χ1v) is 11.0. The van der Waals surface area contributed by atoms with Crippen LogP contribution in [0.3, 0.4) is 0 Å². The summed E-state index contributed by atoms with van der Waals surface area (Å²) in [5.41, 5.74) is 0.792. The van der Waals surface area contributed by atoms with Crippen LogP contribution in [0.25, 0.3) is 0 Å². The standard InChI is InChI=1S/C21H23ClFN3O3S/c1-26-7-4-13-10-14(11-16(23)15(13)5-8-26)24-20(28)21(6-9-29-12-21)25-19(27)17-2-3-18(22)30-17/h2-3,10-11H,4-9,12H2,1H3,(H,24,28)(H,25,27)/t21-/m0/s1. The Morgan fingerprint density at radius 3 is 2.77 bits per heavy atom. The summed E-state index contributed by atoms with van der Waals surface area (Å²) in [5, 5.41) is 5.61. The van der Waals surface area contributed by atoms with Gasteiger partial charge in [0.1, 0.15) is 11.4 Å². The highest BCUT2D eigenvalue weighted by molar-refractivity contribution is 7.18. The fraction of sp³-hybridized carbons (Fsp3) is 0.429. The minimum absolute atomic E-state index is 0.0574. The van der Waals surface area contributed by atoms with Crippen molar-refractivity contribution in [3.8, 4) is 0 Å². The number of hydrogen-bond acceptors (Lipinski definition) is 5. The van der Waals surface area contributed by atoms with Crippen LogP contribution in [0.5, 0.6) is 0 Å². The van der Waals surface area contributed by atoms with Crippen molar-refractivity contribution in [3.05, 3.63) is 50.4 Å². The Labute approximate surface area is 183 Å². The van der Waals surface area contributed by atoms with E-state index in [1.54, 1.807) is 12.1 Å². The van der Waals surface area contributed by atoms with Gasteiger partial charge in [0.25, 0.3) is 11.8 Å². The van der Waals surface area contributed by atoms with Gasteiger partial charge in [0.2, 0.25) is 0 Å². The smallest absolute Gasteiger partial charge is 0.262 e. The number of hydrogen-bond donors (Lipinski definition) is 2. The number of thiophene rings is 1. The van der Waals surface area contributed by atoms with Crippen molar-refractivity contribution < 1.29 is 18.7 Å². The molecule has 1 saturated heterocycles. The Hall–Kier alpha value is -2.00. The Kier molecular flexibility index (Phi) is 6.11. The number of likely N-dealkylation sites (N-methyl/N-ethyl adjacent to an activating group) is 1. The van der Waals surface area contributed by atoms with Crippen LogP contribution >= 0.6 is 22.9 Å². The van der Waals surface area contributed by atoms with E-state index in [1.165, 1.54) is 6.07 Å². The zero-order chi connectivity index (χ0) is 21.3. The molecule has 0 saturated carbocycles. The van der Waals surface area contributed by atoms with E-state index < -0.39 is 11.4 Å². The second kappa shape index (κ2) is 8.63. The number of anilines is 1. The highest BCUT2D eigenvalue weighted by Crippen LogP contribution is 2.27. The van der Waals surface area contributed by atoms with Crippen molar-refractivity contribution in [1.82, 2.24) is 10.2 Å². The van der Waals surface area contributed by atoms with Gasteiger partial charge in [-0.05, 0) is 55.3 Å². The molecule has 2 aliphatic rings. The van der Waals surface area contributed by atoms with E-state index in [1.807, 2.05) is 13.1 Å². The number of fused-ring (bicyclic) bond motifs is 1. The average Bonchev–Trinajstić information content (AvgIpc) is 3.31. The predicted molar refractivity (Wildman–Crippen MR) is 115 cm³/mol. The van der Waals surface area contributed by atoms with Crippen molar-refractivity contribution in [3.63, 3.8) is 0 Å². The van der Waals surface area contributed by atoms with E-state index in [4.69, 9.17) is 16.3 Å². The SMILES string of the molecule is CN1CCc2cc(NC(=O)[C@]3(NC(=O)c4ccc(Cl)s4)CCOC3)cc(F)c2CC1. The second-order valence-electron chi connectivity index (χ2n) is 7.80. The lowest BCUT2D eigenvalue weighted by Gasteiger charge is -2.27. The molecule has 2 aliphatic heterocycles. The number of nitrogens with one attached hydrogen (secondary N) is 2. The Morgan fingerprint density at radius 1 is 1.27 bits per heavy atom. The molecule has 1 aromatic heterocycles. The van der Waals surface area contributed by atoms with Gasteiger partial charge in [-0.15, -0.1) is 11.3 Å². The number of halogens is 2. The van der Waals surface area contributed by atoms with E-state index in [2.05, 4.69) is 15.5 Å². The highest BCUT2D eigenvalue weighted by Gasteiger charge is 2.44. The number of nitrogens with zero attached hydrogens (tertiary/aromatic N) is 1. The first-order chi connectivity index (χ1) is 14.4. The van der Waals surface area contributed by atoms with E-state index in [-0.39, 0.29) is 18.3 Å². The summed E-state index contributed by atoms with van der Waals surface area (Å²) in [7, 11) is 2.01. The maximum Gasteiger partial charge on any atom is 0.262 e. The lowest BCUT2D eigenvalue weighted by atomic mass is 9.96. The maximum absolute atomic E-state index is 14.7. The predicted octanol–water partition coefficient (Wildman–Crippen LogP) is 3.10. The Morgan fingerprint density at radius 2 is 2.07 bits per heavy atom. The monoisotopic (exact) mass is 451 g/mol. The number of rotatable bonds is 4. The van der Waals surface area contributed by atoms with Crippen LogP contribution in [-0.2, 0) is 22.4 Å². The summed E-state index contributed by atoms with van der Waals surface area (Å²) in [5.74, 6) is -1.11. The molecule has 2 aromatic rings. The lowest BCUT2D eigenvalue weighted by Crippen LogP contribution is -2.57. The third-order valence-electron chi connectivity index (χ3n) is 5.66. The Bertz CT molecular complexity index is 974. The number of amides is 2. The molecule has 1 aromatic carbocycles. The molecule has 2 amide bonds. The molecule has 4 rings (SSSR count). The molecule has 0 aliphatic carbocycles. The molecule has 0 radical (unpaired) electrons. The molecule has 2 N–H and O–H groups in total. The van der Waals surface area contributed by atoms with Crippen molar-refractivity contribution in [1.29, 1.82) is 0 Å². The van der Waals surface area contributed by atoms with Gasteiger partial charge >= 0.3 is 0 Å². The van der Waals surface area contributed by atoms with E-state index in [0.717, 1.165) is 36.4 Å². The van der Waals surface area contributed by atoms with Crippen LogP contribution in [0.1, 0.15) is 27.2 Å². The molecule has 9 heteroatoms. The van der Waals surface area contributed by atoms with Gasteiger partial charge < -0.3 is 20.3 Å². The molecule has 0 unspecified atom stereocenters. The normalized spacial score (nSPS) is 21.7. The van der Waals surface area contributed by atoms with Gasteiger partial charge in [-0.1, -0.05) is 11.6 Å². The molecule has 160 valence electrons. The molecular formula is C21H23ClFN3O3S. The topological polar surface area (TPSA) is 70.7 Å². The molecule has 1 atom stereocenters. The van der Waals surface area contributed by atoms with Crippen LogP contribution in [0.2, 0.25) is 4.34 Å². The summed E-state index contributed by atoms with van der Waals surface area (Å²) < 4.78 is 20.6. The summed E-state index contributed by atoms with van der Waals surface area (Å²) in [4.78, 5) is 28.4. The average molecular weight is 452 g/mol. The maximum atomic E-state index is 14.7. The van der Waals surface area contributed by atoms with Gasteiger partial charge in [-0.25, -0.2) is 4.39 Å². The van der Waals surface area contributed by atoms with E-state index >= 15 is 0 Å². The first kappa shape index (κ1) is 21.2. The highest BCUT2D eigenvalue weighted by atomic mass is 35.5.